The number of esters is 1. The number of furan rings is 1. The van der Waals surface area contributed by atoms with E-state index in [-0.39, 0.29) is 5.97 Å². The van der Waals surface area contributed by atoms with Crippen molar-refractivity contribution >= 4 is 11.9 Å². The highest BCUT2D eigenvalue weighted by Crippen LogP contribution is 2.15. The van der Waals surface area contributed by atoms with Crippen LogP contribution in [0, 0.1) is 0 Å². The molecule has 0 aliphatic heterocycles. The number of carbonyl (C=O) groups is 2. The van der Waals surface area contributed by atoms with E-state index in [1.807, 2.05) is 6.07 Å². The van der Waals surface area contributed by atoms with E-state index < -0.39 is 5.97 Å². The SMILES string of the molecule is COC(=O)/C(C)=C/CC/C(=C/CC/C(C)=C/CC/C(C)=C/CCc1ccoc1)C(=O)O. The van der Waals surface area contributed by atoms with Crippen LogP contribution in [-0.4, -0.2) is 24.2 Å². The van der Waals surface area contributed by atoms with Gasteiger partial charge in [0, 0.05) is 11.1 Å². The summed E-state index contributed by atoms with van der Waals surface area (Å²) < 4.78 is 9.72. The molecule has 0 radical (unpaired) electrons. The predicted molar refractivity (Wildman–Crippen MR) is 124 cm³/mol. The molecule has 0 aromatic carbocycles. The van der Waals surface area contributed by atoms with Crippen molar-refractivity contribution in [3.8, 4) is 0 Å². The lowest BCUT2D eigenvalue weighted by atomic mass is 10.0. The Morgan fingerprint density at radius 3 is 2.13 bits per heavy atom. The third-order valence-corrected chi connectivity index (χ3v) is 5.11. The second kappa shape index (κ2) is 15.1. The molecular formula is C26H36O5. The van der Waals surface area contributed by atoms with Crippen molar-refractivity contribution < 1.29 is 23.8 Å². The zero-order valence-electron chi connectivity index (χ0n) is 19.3. The van der Waals surface area contributed by atoms with Gasteiger partial charge in [-0.15, -0.1) is 0 Å². The lowest BCUT2D eigenvalue weighted by Crippen LogP contribution is -2.03. The first kappa shape index (κ1) is 26.2. The van der Waals surface area contributed by atoms with Gasteiger partial charge in [0.15, 0.2) is 0 Å². The number of aryl methyl sites for hydroxylation is 1. The standard InChI is InChI=1S/C26H36O5/c1-20(11-6-14-23-17-18-31-19-23)9-5-10-21(2)12-7-15-24(25(27)28)16-8-13-22(3)26(29)30-4/h10-11,13,15,17-19H,5-9,12,14,16H2,1-4H3,(H,27,28)/b20-11+,21-10+,22-13+,24-15-. The maximum absolute atomic E-state index is 11.4. The molecule has 0 saturated heterocycles. The zero-order chi connectivity index (χ0) is 23.1. The minimum atomic E-state index is -0.901. The predicted octanol–water partition coefficient (Wildman–Crippen LogP) is 6.58. The van der Waals surface area contributed by atoms with Gasteiger partial charge in [-0.3, -0.25) is 0 Å². The number of ether oxygens (including phenoxy) is 1. The molecule has 0 atom stereocenters. The van der Waals surface area contributed by atoms with Crippen LogP contribution in [0.5, 0.6) is 0 Å². The highest BCUT2D eigenvalue weighted by Gasteiger charge is 2.07. The van der Waals surface area contributed by atoms with Crippen molar-refractivity contribution in [3.63, 3.8) is 0 Å². The Labute approximate surface area is 186 Å². The summed E-state index contributed by atoms with van der Waals surface area (Å²) in [4.78, 5) is 22.8. The maximum Gasteiger partial charge on any atom is 0.333 e. The largest absolute Gasteiger partial charge is 0.478 e. The van der Waals surface area contributed by atoms with Crippen LogP contribution in [0.25, 0.3) is 0 Å². The first-order chi connectivity index (χ1) is 14.8. The fraction of sp³-hybridized carbons (Fsp3) is 0.462. The third kappa shape index (κ3) is 11.8. The zero-order valence-corrected chi connectivity index (χ0v) is 19.3. The maximum atomic E-state index is 11.4. The molecule has 0 amide bonds. The van der Waals surface area contributed by atoms with Crippen molar-refractivity contribution in [2.45, 2.75) is 72.1 Å². The number of carbonyl (C=O) groups excluding carboxylic acids is 1. The Kier molecular flexibility index (Phi) is 12.7. The number of aliphatic carboxylic acids is 1. The summed E-state index contributed by atoms with van der Waals surface area (Å²) in [5.74, 6) is -1.29. The summed E-state index contributed by atoms with van der Waals surface area (Å²) in [5.41, 5.74) is 4.77. The first-order valence-electron chi connectivity index (χ1n) is 10.8. The van der Waals surface area contributed by atoms with E-state index >= 15 is 0 Å². The number of hydrogen-bond donors (Lipinski definition) is 1. The summed E-state index contributed by atoms with van der Waals surface area (Å²) in [6.45, 7) is 5.92. The fourth-order valence-electron chi connectivity index (χ4n) is 3.13. The van der Waals surface area contributed by atoms with Gasteiger partial charge in [0.25, 0.3) is 0 Å². The van der Waals surface area contributed by atoms with Crippen LogP contribution in [0.1, 0.15) is 71.3 Å². The van der Waals surface area contributed by atoms with E-state index in [2.05, 4.69) is 30.7 Å². The van der Waals surface area contributed by atoms with Crippen LogP contribution >= 0.6 is 0 Å². The summed E-state index contributed by atoms with van der Waals surface area (Å²) in [6.07, 6.45) is 18.0. The molecule has 1 rings (SSSR count). The minimum absolute atomic E-state index is 0.385. The van der Waals surface area contributed by atoms with Crippen LogP contribution in [0.4, 0.5) is 0 Å². The molecule has 0 aliphatic rings. The number of hydrogen-bond acceptors (Lipinski definition) is 4. The van der Waals surface area contributed by atoms with Crippen LogP contribution in [-0.2, 0) is 20.7 Å². The van der Waals surface area contributed by atoms with E-state index in [9.17, 15) is 14.7 Å². The molecule has 5 heteroatoms. The monoisotopic (exact) mass is 428 g/mol. The number of allylic oxidation sites excluding steroid dienone is 6. The Bertz CT molecular complexity index is 807. The number of rotatable bonds is 14. The molecule has 0 spiro atoms. The normalized spacial score (nSPS) is 13.4. The lowest BCUT2D eigenvalue weighted by molar-refractivity contribution is -0.136. The Balaban J connectivity index is 2.37. The smallest absolute Gasteiger partial charge is 0.333 e. The van der Waals surface area contributed by atoms with Crippen molar-refractivity contribution in [1.29, 1.82) is 0 Å². The summed E-state index contributed by atoms with van der Waals surface area (Å²) in [5, 5.41) is 9.39. The van der Waals surface area contributed by atoms with Crippen LogP contribution in [0.15, 0.2) is 69.6 Å². The second-order valence-electron chi connectivity index (χ2n) is 7.80. The lowest BCUT2D eigenvalue weighted by Gasteiger charge is -2.04. The Morgan fingerprint density at radius 1 is 0.935 bits per heavy atom. The molecule has 5 nitrogen and oxygen atoms in total. The molecule has 1 aromatic rings. The summed E-state index contributed by atoms with van der Waals surface area (Å²) in [6, 6.07) is 2.00. The highest BCUT2D eigenvalue weighted by molar-refractivity contribution is 5.88. The van der Waals surface area contributed by atoms with Crippen LogP contribution < -0.4 is 0 Å². The average molecular weight is 429 g/mol. The van der Waals surface area contributed by atoms with Gasteiger partial charge in [0.2, 0.25) is 0 Å². The molecular weight excluding hydrogens is 392 g/mol. The van der Waals surface area contributed by atoms with Gasteiger partial charge in [0.1, 0.15) is 0 Å². The number of methoxy groups -OCH3 is 1. The van der Waals surface area contributed by atoms with Gasteiger partial charge in [-0.25, -0.2) is 9.59 Å². The van der Waals surface area contributed by atoms with Gasteiger partial charge < -0.3 is 14.3 Å². The van der Waals surface area contributed by atoms with Gasteiger partial charge in [-0.2, -0.15) is 0 Å². The second-order valence-corrected chi connectivity index (χ2v) is 7.80. The van der Waals surface area contributed by atoms with Crippen molar-refractivity contribution in [2.75, 3.05) is 7.11 Å². The molecule has 0 saturated carbocycles. The van der Waals surface area contributed by atoms with Crippen molar-refractivity contribution in [3.05, 3.63) is 70.8 Å². The van der Waals surface area contributed by atoms with E-state index in [1.165, 1.54) is 23.8 Å². The van der Waals surface area contributed by atoms with Gasteiger partial charge in [-0.1, -0.05) is 35.5 Å². The molecule has 0 unspecified atom stereocenters. The quantitative estimate of drug-likeness (QED) is 0.206. The van der Waals surface area contributed by atoms with E-state index in [1.54, 1.807) is 31.6 Å². The minimum Gasteiger partial charge on any atom is -0.478 e. The molecule has 1 N–H and O–H groups in total. The molecule has 31 heavy (non-hydrogen) atoms. The van der Waals surface area contributed by atoms with Gasteiger partial charge >= 0.3 is 11.9 Å². The first-order valence-corrected chi connectivity index (χ1v) is 10.8. The summed E-state index contributed by atoms with van der Waals surface area (Å²) >= 11 is 0. The Hall–Kier alpha value is -2.82. The average Bonchev–Trinajstić information content (AvgIpc) is 3.25. The molecule has 0 aliphatic carbocycles. The molecule has 170 valence electrons. The Morgan fingerprint density at radius 2 is 1.55 bits per heavy atom. The summed E-state index contributed by atoms with van der Waals surface area (Å²) in [7, 11) is 1.33. The van der Waals surface area contributed by atoms with E-state index in [0.717, 1.165) is 32.1 Å². The van der Waals surface area contributed by atoms with Crippen molar-refractivity contribution in [2.24, 2.45) is 0 Å². The third-order valence-electron chi connectivity index (χ3n) is 5.11. The number of carboxylic acid groups (broad SMARTS) is 1. The molecule has 0 fully saturated rings. The molecule has 0 bridgehead atoms. The molecule has 1 heterocycles. The highest BCUT2D eigenvalue weighted by atomic mass is 16.5. The van der Waals surface area contributed by atoms with Crippen molar-refractivity contribution in [1.82, 2.24) is 0 Å². The van der Waals surface area contributed by atoms with Gasteiger partial charge in [-0.05, 0) is 83.8 Å². The van der Waals surface area contributed by atoms with Crippen LogP contribution in [0.3, 0.4) is 0 Å². The van der Waals surface area contributed by atoms with Crippen LogP contribution in [0.2, 0.25) is 0 Å². The number of carboxylic acids is 1. The molecule has 1 aromatic heterocycles. The van der Waals surface area contributed by atoms with Gasteiger partial charge in [0.05, 0.1) is 19.6 Å². The van der Waals surface area contributed by atoms with E-state index in [0.29, 0.717) is 30.4 Å². The van der Waals surface area contributed by atoms with E-state index in [4.69, 9.17) is 4.42 Å². The fourth-order valence-corrected chi connectivity index (χ4v) is 3.13. The topological polar surface area (TPSA) is 76.7 Å².